The Balaban J connectivity index is 1.56. The minimum absolute atomic E-state index is 0.121. The van der Waals surface area contributed by atoms with Crippen LogP contribution in [0.5, 0.6) is 11.5 Å². The predicted octanol–water partition coefficient (Wildman–Crippen LogP) is 7.70. The van der Waals surface area contributed by atoms with Gasteiger partial charge in [-0.2, -0.15) is 0 Å². The summed E-state index contributed by atoms with van der Waals surface area (Å²) in [5.74, 6) is 1.29. The second kappa shape index (κ2) is 13.0. The van der Waals surface area contributed by atoms with Gasteiger partial charge in [0.1, 0.15) is 18.1 Å². The lowest BCUT2D eigenvalue weighted by molar-refractivity contribution is -0.122. The molecule has 0 aromatic heterocycles. The van der Waals surface area contributed by atoms with Crippen molar-refractivity contribution >= 4 is 78.1 Å². The molecule has 1 amide bonds. The molecule has 192 valence electrons. The van der Waals surface area contributed by atoms with E-state index in [-0.39, 0.29) is 5.91 Å². The molecule has 1 aliphatic heterocycles. The zero-order valence-electron chi connectivity index (χ0n) is 20.0. The van der Waals surface area contributed by atoms with Crippen molar-refractivity contribution in [2.24, 2.45) is 4.99 Å². The molecule has 1 heterocycles. The summed E-state index contributed by atoms with van der Waals surface area (Å²) in [6.07, 6.45) is 1.85. The van der Waals surface area contributed by atoms with Crippen LogP contribution < -0.4 is 9.47 Å². The minimum Gasteiger partial charge on any atom is -0.497 e. The van der Waals surface area contributed by atoms with Gasteiger partial charge >= 0.3 is 0 Å². The Kier molecular flexibility index (Phi) is 9.72. The van der Waals surface area contributed by atoms with Crippen molar-refractivity contribution in [2.75, 3.05) is 27.4 Å². The number of aliphatic imine (C=N–C) groups is 1. The number of ether oxygens (including phenoxy) is 3. The third-order valence-electron chi connectivity index (χ3n) is 5.32. The van der Waals surface area contributed by atoms with Crippen molar-refractivity contribution in [3.8, 4) is 11.5 Å². The quantitative estimate of drug-likeness (QED) is 0.219. The van der Waals surface area contributed by atoms with Gasteiger partial charge in [-0.05, 0) is 109 Å². The Morgan fingerprint density at radius 3 is 2.32 bits per heavy atom. The van der Waals surface area contributed by atoms with E-state index in [1.54, 1.807) is 19.1 Å². The van der Waals surface area contributed by atoms with E-state index >= 15 is 0 Å². The molecule has 0 bridgehead atoms. The number of benzene rings is 3. The first-order chi connectivity index (χ1) is 17.9. The third kappa shape index (κ3) is 7.18. The van der Waals surface area contributed by atoms with Crippen molar-refractivity contribution in [1.29, 1.82) is 0 Å². The summed E-state index contributed by atoms with van der Waals surface area (Å²) in [5, 5.41) is 1.28. The number of carbonyl (C=O) groups is 1. The van der Waals surface area contributed by atoms with Crippen molar-refractivity contribution in [2.45, 2.75) is 6.61 Å². The van der Waals surface area contributed by atoms with Gasteiger partial charge < -0.3 is 14.2 Å². The lowest BCUT2D eigenvalue weighted by atomic mass is 10.2. The Hall–Kier alpha value is -2.30. The van der Waals surface area contributed by atoms with Crippen LogP contribution in [-0.4, -0.2) is 43.3 Å². The van der Waals surface area contributed by atoms with Gasteiger partial charge in [0.05, 0.1) is 39.8 Å². The number of rotatable bonds is 9. The van der Waals surface area contributed by atoms with Gasteiger partial charge in [-0.1, -0.05) is 23.7 Å². The lowest BCUT2D eigenvalue weighted by Crippen LogP contribution is -2.32. The van der Waals surface area contributed by atoms with Crippen LogP contribution >= 0.6 is 55.2 Å². The monoisotopic (exact) mass is 664 g/mol. The van der Waals surface area contributed by atoms with Crippen LogP contribution in [0.3, 0.4) is 0 Å². The van der Waals surface area contributed by atoms with Gasteiger partial charge in [0.25, 0.3) is 5.91 Å². The zero-order chi connectivity index (χ0) is 26.4. The highest BCUT2D eigenvalue weighted by atomic mass is 79.9. The number of thioether (sulfide) groups is 1. The van der Waals surface area contributed by atoms with Crippen LogP contribution in [0.4, 0.5) is 5.69 Å². The smallest absolute Gasteiger partial charge is 0.266 e. The molecule has 6 nitrogen and oxygen atoms in total. The molecule has 0 radical (unpaired) electrons. The maximum atomic E-state index is 13.3. The topological polar surface area (TPSA) is 60.4 Å². The molecule has 0 atom stereocenters. The molecule has 4 rings (SSSR count). The highest BCUT2D eigenvalue weighted by Crippen LogP contribution is 2.38. The first kappa shape index (κ1) is 27.7. The molecule has 37 heavy (non-hydrogen) atoms. The van der Waals surface area contributed by atoms with E-state index in [0.29, 0.717) is 40.6 Å². The van der Waals surface area contributed by atoms with Gasteiger partial charge in [0, 0.05) is 12.1 Å². The largest absolute Gasteiger partial charge is 0.497 e. The van der Waals surface area contributed by atoms with E-state index in [1.807, 2.05) is 66.7 Å². The fourth-order valence-electron chi connectivity index (χ4n) is 3.43. The maximum Gasteiger partial charge on any atom is 0.266 e. The van der Waals surface area contributed by atoms with Gasteiger partial charge in [-0.25, -0.2) is 4.99 Å². The summed E-state index contributed by atoms with van der Waals surface area (Å²) >= 11 is 14.5. The molecule has 0 unspecified atom stereocenters. The summed E-state index contributed by atoms with van der Waals surface area (Å²) in [6.45, 7) is 1.19. The molecule has 1 aliphatic rings. The second-order valence-electron chi connectivity index (χ2n) is 7.88. The molecule has 3 aromatic rings. The summed E-state index contributed by atoms with van der Waals surface area (Å²) in [4.78, 5) is 20.2. The van der Waals surface area contributed by atoms with Crippen molar-refractivity contribution < 1.29 is 19.0 Å². The highest BCUT2D eigenvalue weighted by molar-refractivity contribution is 9.11. The molecule has 0 spiro atoms. The molecular weight excluding hydrogens is 644 g/mol. The maximum absolute atomic E-state index is 13.3. The molecular formula is C27H23Br2ClN2O4S. The van der Waals surface area contributed by atoms with E-state index in [4.69, 9.17) is 30.8 Å². The van der Waals surface area contributed by atoms with E-state index in [0.717, 1.165) is 31.5 Å². The zero-order valence-corrected chi connectivity index (χ0v) is 24.8. The number of amides is 1. The second-order valence-corrected chi connectivity index (χ2v) is 11.0. The fraction of sp³-hybridized carbons (Fsp3) is 0.185. The van der Waals surface area contributed by atoms with Crippen molar-refractivity contribution in [3.63, 3.8) is 0 Å². The Morgan fingerprint density at radius 1 is 1.03 bits per heavy atom. The Morgan fingerprint density at radius 2 is 1.70 bits per heavy atom. The van der Waals surface area contributed by atoms with Crippen molar-refractivity contribution in [1.82, 2.24) is 4.90 Å². The predicted molar refractivity (Wildman–Crippen MR) is 157 cm³/mol. The highest BCUT2D eigenvalue weighted by Gasteiger charge is 2.33. The summed E-state index contributed by atoms with van der Waals surface area (Å²) in [5.41, 5.74) is 2.57. The molecule has 10 heteroatoms. The molecule has 1 saturated heterocycles. The Labute approximate surface area is 241 Å². The summed E-state index contributed by atoms with van der Waals surface area (Å²) in [6, 6.07) is 18.7. The number of hydrogen-bond donors (Lipinski definition) is 0. The molecule has 3 aromatic carbocycles. The van der Waals surface area contributed by atoms with Crippen LogP contribution in [0.2, 0.25) is 5.02 Å². The van der Waals surface area contributed by atoms with Gasteiger partial charge in [0.15, 0.2) is 5.17 Å². The number of nitrogens with zero attached hydrogens (tertiary/aromatic N) is 2. The minimum atomic E-state index is -0.121. The van der Waals surface area contributed by atoms with Gasteiger partial charge in [-0.3, -0.25) is 9.69 Å². The van der Waals surface area contributed by atoms with Gasteiger partial charge in [-0.15, -0.1) is 0 Å². The number of amidine groups is 1. The van der Waals surface area contributed by atoms with Crippen LogP contribution in [0.15, 0.2) is 79.5 Å². The van der Waals surface area contributed by atoms with Crippen molar-refractivity contribution in [3.05, 3.63) is 90.7 Å². The van der Waals surface area contributed by atoms with E-state index in [2.05, 4.69) is 31.9 Å². The van der Waals surface area contributed by atoms with E-state index < -0.39 is 0 Å². The number of methoxy groups -OCH3 is 2. The van der Waals surface area contributed by atoms with Crippen LogP contribution in [-0.2, 0) is 16.1 Å². The lowest BCUT2D eigenvalue weighted by Gasteiger charge is -2.14. The first-order valence-electron chi connectivity index (χ1n) is 11.2. The first-order valence-corrected chi connectivity index (χ1v) is 14.0. The van der Waals surface area contributed by atoms with Gasteiger partial charge in [0.2, 0.25) is 0 Å². The SMILES string of the molecule is COCCN1C(=O)/C(=C/c2cc(Br)c(OCc3ccc(Cl)cc3)c(Br)c2)SC1=Nc1ccc(OC)cc1. The summed E-state index contributed by atoms with van der Waals surface area (Å²) in [7, 11) is 3.22. The number of hydrogen-bond acceptors (Lipinski definition) is 6. The third-order valence-corrected chi connectivity index (χ3v) is 7.76. The molecule has 0 N–H and O–H groups in total. The average Bonchev–Trinajstić information content (AvgIpc) is 3.17. The number of halogens is 3. The normalized spacial score (nSPS) is 15.6. The Bertz CT molecular complexity index is 1310. The summed E-state index contributed by atoms with van der Waals surface area (Å²) < 4.78 is 18.0. The standard InChI is InChI=1S/C27H23Br2ClN2O4S/c1-34-12-11-32-26(33)24(37-27(32)31-20-7-9-21(35-2)10-8-20)15-18-13-22(28)25(23(29)14-18)36-16-17-3-5-19(30)6-4-17/h3-10,13-15H,11-12,16H2,1-2H3/b24-15-,31-27?. The van der Waals surface area contributed by atoms with E-state index in [9.17, 15) is 4.79 Å². The van der Waals surface area contributed by atoms with Crippen LogP contribution in [0.1, 0.15) is 11.1 Å². The molecule has 0 saturated carbocycles. The fourth-order valence-corrected chi connectivity index (χ4v) is 6.03. The van der Waals surface area contributed by atoms with Crippen LogP contribution in [0, 0.1) is 0 Å². The average molecular weight is 667 g/mol. The molecule has 1 fully saturated rings. The van der Waals surface area contributed by atoms with Crippen LogP contribution in [0.25, 0.3) is 6.08 Å². The molecule has 0 aliphatic carbocycles. The number of carbonyl (C=O) groups excluding carboxylic acids is 1. The van der Waals surface area contributed by atoms with E-state index in [1.165, 1.54) is 11.8 Å².